The Labute approximate surface area is 113 Å². The summed E-state index contributed by atoms with van der Waals surface area (Å²) in [5.41, 5.74) is 0.593. The van der Waals surface area contributed by atoms with Crippen LogP contribution in [-0.4, -0.2) is 25.2 Å². The van der Waals surface area contributed by atoms with Crippen LogP contribution in [0.5, 0.6) is 0 Å². The molecule has 2 rings (SSSR count). The van der Waals surface area contributed by atoms with Gasteiger partial charge in [-0.15, -0.1) is 10.2 Å². The van der Waals surface area contributed by atoms with E-state index in [0.29, 0.717) is 5.69 Å². The second-order valence-corrected chi connectivity index (χ2v) is 5.07. The molecule has 2 aromatic heterocycles. The molecule has 6 nitrogen and oxygen atoms in total. The van der Waals surface area contributed by atoms with Crippen LogP contribution in [0.2, 0.25) is 0 Å². The summed E-state index contributed by atoms with van der Waals surface area (Å²) >= 11 is 3.34. The van der Waals surface area contributed by atoms with Crippen LogP contribution >= 0.6 is 15.9 Å². The van der Waals surface area contributed by atoms with E-state index in [4.69, 9.17) is 0 Å². The van der Waals surface area contributed by atoms with Gasteiger partial charge in [0.15, 0.2) is 5.82 Å². The van der Waals surface area contributed by atoms with Crippen LogP contribution in [0.15, 0.2) is 23.1 Å². The lowest BCUT2D eigenvalue weighted by atomic mass is 10.3. The molecule has 96 valence electrons. The molecule has 0 aliphatic carbocycles. The molecule has 1 atom stereocenters. The Morgan fingerprint density at radius 3 is 2.67 bits per heavy atom. The summed E-state index contributed by atoms with van der Waals surface area (Å²) in [4.78, 5) is 12.1. The van der Waals surface area contributed by atoms with E-state index >= 15 is 0 Å². The number of aromatic nitrogens is 4. The van der Waals surface area contributed by atoms with Crippen LogP contribution in [0, 0.1) is 0 Å². The Hall–Kier alpha value is -1.63. The van der Waals surface area contributed by atoms with E-state index in [1.165, 1.54) is 0 Å². The molecular weight excluding hydrogens is 298 g/mol. The highest BCUT2D eigenvalue weighted by atomic mass is 79.9. The fraction of sp³-hybridized carbons (Fsp3) is 0.364. The van der Waals surface area contributed by atoms with Crippen molar-refractivity contribution in [3.05, 3.63) is 34.6 Å². The van der Waals surface area contributed by atoms with E-state index in [2.05, 4.69) is 31.4 Å². The van der Waals surface area contributed by atoms with Crippen LogP contribution in [-0.2, 0) is 14.1 Å². The highest BCUT2D eigenvalue weighted by Crippen LogP contribution is 2.15. The van der Waals surface area contributed by atoms with Gasteiger partial charge in [-0.1, -0.05) is 0 Å². The summed E-state index contributed by atoms with van der Waals surface area (Å²) in [6.45, 7) is 1.87. The third kappa shape index (κ3) is 2.45. The Kier molecular flexibility index (Phi) is 3.51. The summed E-state index contributed by atoms with van der Waals surface area (Å²) in [6, 6.07) is 1.58. The van der Waals surface area contributed by atoms with Gasteiger partial charge < -0.3 is 14.5 Å². The Bertz CT molecular complexity index is 574. The number of halogens is 1. The predicted molar refractivity (Wildman–Crippen MR) is 70.0 cm³/mol. The van der Waals surface area contributed by atoms with E-state index in [1.807, 2.05) is 27.2 Å². The minimum atomic E-state index is -0.196. The van der Waals surface area contributed by atoms with Crippen molar-refractivity contribution in [2.45, 2.75) is 13.0 Å². The first-order chi connectivity index (χ1) is 8.49. The largest absolute Gasteiger partial charge is 0.345 e. The standard InChI is InChI=1S/C11H14BrN5O/c1-7(10-15-13-6-17(10)3)14-11(18)9-4-8(12)5-16(9)2/h4-7H,1-3H3,(H,14,18). The summed E-state index contributed by atoms with van der Waals surface area (Å²) < 4.78 is 4.43. The van der Waals surface area contributed by atoms with Gasteiger partial charge >= 0.3 is 0 Å². The third-order valence-corrected chi connectivity index (χ3v) is 3.12. The highest BCUT2D eigenvalue weighted by molar-refractivity contribution is 9.10. The Morgan fingerprint density at radius 2 is 2.17 bits per heavy atom. The van der Waals surface area contributed by atoms with Gasteiger partial charge in [-0.25, -0.2) is 0 Å². The highest BCUT2D eigenvalue weighted by Gasteiger charge is 2.17. The molecule has 0 radical (unpaired) electrons. The molecule has 0 aliphatic heterocycles. The smallest absolute Gasteiger partial charge is 0.268 e. The van der Waals surface area contributed by atoms with Crippen molar-refractivity contribution in [3.8, 4) is 0 Å². The molecule has 1 amide bonds. The van der Waals surface area contributed by atoms with Crippen LogP contribution in [0.4, 0.5) is 0 Å². The molecule has 2 heterocycles. The summed E-state index contributed by atoms with van der Waals surface area (Å²) in [5, 5.41) is 10.7. The molecule has 0 spiro atoms. The Morgan fingerprint density at radius 1 is 1.44 bits per heavy atom. The SMILES string of the molecule is CC(NC(=O)c1cc(Br)cn1C)c1nncn1C. The molecule has 1 N–H and O–H groups in total. The number of nitrogens with zero attached hydrogens (tertiary/aromatic N) is 4. The van der Waals surface area contributed by atoms with Crippen molar-refractivity contribution in [2.24, 2.45) is 14.1 Å². The average molecular weight is 312 g/mol. The first-order valence-corrected chi connectivity index (χ1v) is 6.25. The molecule has 0 saturated heterocycles. The number of carbonyl (C=O) groups excluding carboxylic acids is 1. The maximum atomic E-state index is 12.1. The van der Waals surface area contributed by atoms with Gasteiger partial charge in [0.25, 0.3) is 5.91 Å². The zero-order valence-corrected chi connectivity index (χ0v) is 12.0. The molecule has 7 heteroatoms. The number of rotatable bonds is 3. The zero-order valence-electron chi connectivity index (χ0n) is 10.4. The van der Waals surface area contributed by atoms with Crippen LogP contribution in [0.1, 0.15) is 29.3 Å². The molecular formula is C11H14BrN5O. The third-order valence-electron chi connectivity index (χ3n) is 2.69. The van der Waals surface area contributed by atoms with Gasteiger partial charge in [-0.05, 0) is 28.9 Å². The number of carbonyl (C=O) groups is 1. The van der Waals surface area contributed by atoms with Gasteiger partial charge in [0.05, 0.1) is 6.04 Å². The van der Waals surface area contributed by atoms with E-state index < -0.39 is 0 Å². The summed E-state index contributed by atoms with van der Waals surface area (Å²) in [5.74, 6) is 0.579. The quantitative estimate of drug-likeness (QED) is 0.932. The molecule has 2 aromatic rings. The maximum Gasteiger partial charge on any atom is 0.268 e. The molecule has 18 heavy (non-hydrogen) atoms. The van der Waals surface area contributed by atoms with Crippen LogP contribution in [0.3, 0.4) is 0 Å². The Balaban J connectivity index is 2.13. The lowest BCUT2D eigenvalue weighted by Gasteiger charge is -2.13. The predicted octanol–water partition coefficient (Wildman–Crippen LogP) is 1.41. The fourth-order valence-electron chi connectivity index (χ4n) is 1.77. The van der Waals surface area contributed by atoms with Crippen molar-refractivity contribution < 1.29 is 4.79 Å². The van der Waals surface area contributed by atoms with Crippen molar-refractivity contribution in [1.82, 2.24) is 24.6 Å². The minimum Gasteiger partial charge on any atom is -0.345 e. The maximum absolute atomic E-state index is 12.1. The second kappa shape index (κ2) is 4.93. The van der Waals surface area contributed by atoms with Gasteiger partial charge in [-0.2, -0.15) is 0 Å². The van der Waals surface area contributed by atoms with Crippen molar-refractivity contribution in [2.75, 3.05) is 0 Å². The van der Waals surface area contributed by atoms with Crippen molar-refractivity contribution >= 4 is 21.8 Å². The van der Waals surface area contributed by atoms with E-state index in [1.54, 1.807) is 21.5 Å². The summed E-state index contributed by atoms with van der Waals surface area (Å²) in [7, 11) is 3.67. The second-order valence-electron chi connectivity index (χ2n) is 4.15. The molecule has 0 aromatic carbocycles. The van der Waals surface area contributed by atoms with Gasteiger partial charge in [0.1, 0.15) is 12.0 Å². The lowest BCUT2D eigenvalue weighted by molar-refractivity contribution is 0.0929. The first kappa shape index (κ1) is 12.8. The number of hydrogen-bond acceptors (Lipinski definition) is 3. The topological polar surface area (TPSA) is 64.7 Å². The zero-order chi connectivity index (χ0) is 13.3. The molecule has 0 saturated carbocycles. The van der Waals surface area contributed by atoms with Crippen molar-refractivity contribution in [3.63, 3.8) is 0 Å². The molecule has 0 bridgehead atoms. The number of amides is 1. The summed E-state index contributed by atoms with van der Waals surface area (Å²) in [6.07, 6.45) is 3.44. The number of aryl methyl sites for hydroxylation is 2. The molecule has 0 fully saturated rings. The van der Waals surface area contributed by atoms with Gasteiger partial charge in [0.2, 0.25) is 0 Å². The average Bonchev–Trinajstić information content (AvgIpc) is 2.84. The van der Waals surface area contributed by atoms with Crippen LogP contribution in [0.25, 0.3) is 0 Å². The van der Waals surface area contributed by atoms with E-state index in [9.17, 15) is 4.79 Å². The molecule has 0 aliphatic rings. The first-order valence-electron chi connectivity index (χ1n) is 5.45. The monoisotopic (exact) mass is 311 g/mol. The minimum absolute atomic E-state index is 0.140. The van der Waals surface area contributed by atoms with Gasteiger partial charge in [0, 0.05) is 24.8 Å². The van der Waals surface area contributed by atoms with E-state index in [0.717, 1.165) is 10.3 Å². The molecule has 1 unspecified atom stereocenters. The number of hydrogen-bond donors (Lipinski definition) is 1. The van der Waals surface area contributed by atoms with Crippen LogP contribution < -0.4 is 5.32 Å². The van der Waals surface area contributed by atoms with E-state index in [-0.39, 0.29) is 11.9 Å². The normalized spacial score (nSPS) is 12.4. The van der Waals surface area contributed by atoms with Crippen molar-refractivity contribution in [1.29, 1.82) is 0 Å². The lowest BCUT2D eigenvalue weighted by Crippen LogP contribution is -2.29. The number of nitrogens with one attached hydrogen (secondary N) is 1. The van der Waals surface area contributed by atoms with Gasteiger partial charge in [-0.3, -0.25) is 4.79 Å². The fourth-order valence-corrected chi connectivity index (χ4v) is 2.29.